The van der Waals surface area contributed by atoms with Crippen LogP contribution < -0.4 is 21.1 Å². The monoisotopic (exact) mass is 553 g/mol. The van der Waals surface area contributed by atoms with Crippen LogP contribution in [0.15, 0.2) is 4.79 Å². The standard InChI is InChI=1S/C12H21N5O14P2S/c1-16-4-17(8-6(16)9(19)15-11(13)14-8)10-7(18)12(20,30-34(2,26)27)5(29-10)3-28-33(24,25)31-32(21,22)23/h5,7,10,18,20H,3-4H2,1-2H3,(H,24,25)(H2,21,22,23)(H3,13,14,15,19)/t5-,7+,10-,12+/m1/s1. The first-order valence-electron chi connectivity index (χ1n) is 8.91. The SMILES string of the molecule is CN1CN([C@@H]2O[C@H](COP(=O)(O)OP(=O)(O)O)[C@](O)(OS(C)(=O)=O)[C@H]2O)c2nc(N)[nH]c(=O)c21. The van der Waals surface area contributed by atoms with Crippen molar-refractivity contribution in [3.05, 3.63) is 10.4 Å². The molecule has 1 unspecified atom stereocenters. The molecule has 34 heavy (non-hydrogen) atoms. The number of H-pyrrole nitrogens is 1. The number of aromatic nitrogens is 2. The summed E-state index contributed by atoms with van der Waals surface area (Å²) in [5, 5.41) is 21.6. The fourth-order valence-corrected chi connectivity index (χ4v) is 5.66. The molecule has 3 heterocycles. The number of phosphoric ester groups is 1. The summed E-state index contributed by atoms with van der Waals surface area (Å²) >= 11 is 0. The number of ether oxygens (including phenoxy) is 1. The highest BCUT2D eigenvalue weighted by atomic mass is 32.2. The molecule has 19 nitrogen and oxygen atoms in total. The number of rotatable bonds is 8. The number of hydrogen-bond donors (Lipinski definition) is 7. The van der Waals surface area contributed by atoms with Gasteiger partial charge < -0.3 is 45.2 Å². The molecule has 1 saturated heterocycles. The molecule has 0 saturated carbocycles. The highest BCUT2D eigenvalue weighted by Crippen LogP contribution is 2.58. The Hall–Kier alpha value is -1.67. The molecule has 194 valence electrons. The lowest BCUT2D eigenvalue weighted by Crippen LogP contribution is -2.55. The summed E-state index contributed by atoms with van der Waals surface area (Å²) in [6.07, 6.45) is -5.43. The molecule has 0 spiro atoms. The van der Waals surface area contributed by atoms with Gasteiger partial charge in [-0.15, -0.1) is 0 Å². The molecule has 5 atom stereocenters. The normalized spacial score (nSPS) is 29.3. The Morgan fingerprint density at radius 3 is 2.53 bits per heavy atom. The number of nitrogens with one attached hydrogen (secondary N) is 1. The van der Waals surface area contributed by atoms with E-state index in [0.717, 1.165) is 4.90 Å². The lowest BCUT2D eigenvalue weighted by Gasteiger charge is -2.30. The first-order valence-corrected chi connectivity index (χ1v) is 13.8. The van der Waals surface area contributed by atoms with Crippen molar-refractivity contribution in [1.29, 1.82) is 0 Å². The Morgan fingerprint density at radius 1 is 1.35 bits per heavy atom. The van der Waals surface area contributed by atoms with E-state index in [0.29, 0.717) is 6.26 Å². The van der Waals surface area contributed by atoms with Gasteiger partial charge in [0.15, 0.2) is 18.1 Å². The number of hydrogen-bond acceptors (Lipinski definition) is 15. The molecule has 0 aromatic carbocycles. The Kier molecular flexibility index (Phi) is 6.94. The number of nitrogen functional groups attached to an aromatic ring is 1. The quantitative estimate of drug-likeness (QED) is 0.0935. The number of phosphoric acid groups is 2. The Morgan fingerprint density at radius 2 is 1.97 bits per heavy atom. The molecule has 0 bridgehead atoms. The van der Waals surface area contributed by atoms with Crippen molar-refractivity contribution >= 4 is 43.2 Å². The van der Waals surface area contributed by atoms with Crippen LogP contribution in [0, 0.1) is 0 Å². The van der Waals surface area contributed by atoms with Crippen LogP contribution in [0.25, 0.3) is 0 Å². The number of fused-ring (bicyclic) bond motifs is 1. The van der Waals surface area contributed by atoms with E-state index in [9.17, 15) is 37.4 Å². The van der Waals surface area contributed by atoms with Gasteiger partial charge in [0.2, 0.25) is 11.7 Å². The van der Waals surface area contributed by atoms with E-state index in [-0.39, 0.29) is 24.1 Å². The van der Waals surface area contributed by atoms with Crippen molar-refractivity contribution < 1.29 is 60.2 Å². The predicted molar refractivity (Wildman–Crippen MR) is 109 cm³/mol. The molecule has 1 aromatic heterocycles. The van der Waals surface area contributed by atoms with E-state index in [1.54, 1.807) is 0 Å². The average molecular weight is 553 g/mol. The third-order valence-corrected chi connectivity index (χ3v) is 7.28. The molecule has 22 heteroatoms. The van der Waals surface area contributed by atoms with Crippen molar-refractivity contribution in [1.82, 2.24) is 9.97 Å². The fourth-order valence-electron chi connectivity index (χ4n) is 3.39. The maximum absolute atomic E-state index is 12.2. The first kappa shape index (κ1) is 26.9. The smallest absolute Gasteiger partial charge is 0.383 e. The minimum Gasteiger partial charge on any atom is -0.383 e. The summed E-state index contributed by atoms with van der Waals surface area (Å²) in [6, 6.07) is 0. The number of nitrogens with zero attached hydrogens (tertiary/aromatic N) is 3. The highest BCUT2D eigenvalue weighted by Gasteiger charge is 2.62. The third kappa shape index (κ3) is 5.59. The van der Waals surface area contributed by atoms with Gasteiger partial charge in [-0.25, -0.2) is 13.3 Å². The van der Waals surface area contributed by atoms with Gasteiger partial charge in [0.1, 0.15) is 11.8 Å². The van der Waals surface area contributed by atoms with Crippen LogP contribution in [0.2, 0.25) is 0 Å². The van der Waals surface area contributed by atoms with Gasteiger partial charge in [0.25, 0.3) is 15.7 Å². The van der Waals surface area contributed by atoms with Crippen molar-refractivity contribution in [2.45, 2.75) is 24.2 Å². The number of nitrogens with two attached hydrogens (primary N) is 1. The fraction of sp³-hybridized carbons (Fsp3) is 0.667. The maximum Gasteiger partial charge on any atom is 0.481 e. The Bertz CT molecular complexity index is 1220. The van der Waals surface area contributed by atoms with Crippen molar-refractivity contribution in [3.63, 3.8) is 0 Å². The second-order valence-electron chi connectivity index (χ2n) is 7.27. The van der Waals surface area contributed by atoms with Gasteiger partial charge in [-0.2, -0.15) is 17.7 Å². The van der Waals surface area contributed by atoms with E-state index in [2.05, 4.69) is 23.0 Å². The minimum absolute atomic E-state index is 0.00725. The van der Waals surface area contributed by atoms with Crippen LogP contribution in [0.5, 0.6) is 0 Å². The lowest BCUT2D eigenvalue weighted by atomic mass is 10.1. The Balaban J connectivity index is 1.95. The van der Waals surface area contributed by atoms with Gasteiger partial charge in [-0.1, -0.05) is 0 Å². The number of anilines is 3. The molecule has 1 fully saturated rings. The van der Waals surface area contributed by atoms with E-state index in [4.69, 9.17) is 20.3 Å². The molecule has 0 radical (unpaired) electrons. The number of aromatic amines is 1. The predicted octanol–water partition coefficient (Wildman–Crippen LogP) is -3.46. The van der Waals surface area contributed by atoms with Crippen molar-refractivity contribution in [3.8, 4) is 0 Å². The van der Waals surface area contributed by atoms with Gasteiger partial charge in [-0.3, -0.25) is 14.3 Å². The lowest BCUT2D eigenvalue weighted by molar-refractivity contribution is -0.212. The molecule has 3 rings (SSSR count). The zero-order valence-electron chi connectivity index (χ0n) is 17.3. The average Bonchev–Trinajstić information content (AvgIpc) is 3.05. The van der Waals surface area contributed by atoms with E-state index >= 15 is 0 Å². The van der Waals surface area contributed by atoms with E-state index in [1.807, 2.05) is 0 Å². The van der Waals surface area contributed by atoms with Gasteiger partial charge in [0.05, 0.1) is 19.5 Å². The Labute approximate surface area is 190 Å². The molecule has 2 aliphatic rings. The largest absolute Gasteiger partial charge is 0.481 e. The molecule has 2 aliphatic heterocycles. The highest BCUT2D eigenvalue weighted by molar-refractivity contribution is 7.86. The maximum atomic E-state index is 12.2. The summed E-state index contributed by atoms with van der Waals surface area (Å²) in [5.74, 6) is -3.56. The number of aliphatic hydroxyl groups excluding tert-OH is 1. The summed E-state index contributed by atoms with van der Waals surface area (Å²) < 4.78 is 64.1. The molecule has 8 N–H and O–H groups in total. The zero-order chi connectivity index (χ0) is 25.9. The minimum atomic E-state index is -5.49. The first-order chi connectivity index (χ1) is 15.3. The third-order valence-electron chi connectivity index (χ3n) is 4.56. The van der Waals surface area contributed by atoms with Gasteiger partial charge >= 0.3 is 15.6 Å². The van der Waals surface area contributed by atoms with Gasteiger partial charge in [-0.05, 0) is 0 Å². The van der Waals surface area contributed by atoms with E-state index < -0.39 is 62.2 Å². The summed E-state index contributed by atoms with van der Waals surface area (Å²) in [6.45, 7) is -1.44. The van der Waals surface area contributed by atoms with Crippen molar-refractivity contribution in [2.24, 2.45) is 0 Å². The van der Waals surface area contributed by atoms with Crippen molar-refractivity contribution in [2.75, 3.05) is 42.1 Å². The molecular weight excluding hydrogens is 532 g/mol. The molecule has 0 amide bonds. The summed E-state index contributed by atoms with van der Waals surface area (Å²) in [5.41, 5.74) is 4.90. The second-order valence-corrected chi connectivity index (χ2v) is 11.7. The van der Waals surface area contributed by atoms with Crippen LogP contribution in [-0.2, 0) is 37.0 Å². The molecular formula is C12H21N5O14P2S. The number of aliphatic hydroxyl groups is 2. The summed E-state index contributed by atoms with van der Waals surface area (Å²) in [7, 11) is -14.0. The zero-order valence-corrected chi connectivity index (χ0v) is 19.9. The van der Waals surface area contributed by atoms with Crippen LogP contribution >= 0.6 is 15.6 Å². The molecule has 0 aliphatic carbocycles. The van der Waals surface area contributed by atoms with Crippen LogP contribution in [0.1, 0.15) is 0 Å². The summed E-state index contributed by atoms with van der Waals surface area (Å²) in [4.78, 5) is 47.8. The molecule has 1 aromatic rings. The van der Waals surface area contributed by atoms with Crippen LogP contribution in [0.3, 0.4) is 0 Å². The van der Waals surface area contributed by atoms with Crippen LogP contribution in [0.4, 0.5) is 17.5 Å². The topological polar surface area (TPSA) is 285 Å². The van der Waals surface area contributed by atoms with Crippen LogP contribution in [-0.4, -0.2) is 94.1 Å². The second kappa shape index (κ2) is 8.77. The van der Waals surface area contributed by atoms with E-state index in [1.165, 1.54) is 11.9 Å². The van der Waals surface area contributed by atoms with Gasteiger partial charge in [0, 0.05) is 7.05 Å².